The summed E-state index contributed by atoms with van der Waals surface area (Å²) >= 11 is 0. The van der Waals surface area contributed by atoms with E-state index in [0.717, 1.165) is 12.1 Å². The summed E-state index contributed by atoms with van der Waals surface area (Å²) in [6, 6.07) is 4.94. The normalized spacial score (nSPS) is 23.1. The van der Waals surface area contributed by atoms with Crippen molar-refractivity contribution in [3.05, 3.63) is 35.4 Å². The maximum absolute atomic E-state index is 12.7. The second-order valence-electron chi connectivity index (χ2n) is 5.52. The highest BCUT2D eigenvalue weighted by molar-refractivity contribution is 7.91. The van der Waals surface area contributed by atoms with Crippen molar-refractivity contribution in [3.63, 3.8) is 0 Å². The van der Waals surface area contributed by atoms with Gasteiger partial charge in [-0.15, -0.1) is 0 Å². The molecule has 0 aliphatic carbocycles. The SMILES string of the molecule is CC(NCC1CCS(=O)(=O)C1)c1cccc(C(F)(F)F)c1. The zero-order chi connectivity index (χ0) is 15.7. The fourth-order valence-electron chi connectivity index (χ4n) is 2.48. The van der Waals surface area contributed by atoms with Crippen LogP contribution in [0.25, 0.3) is 0 Å². The molecule has 1 heterocycles. The summed E-state index contributed by atoms with van der Waals surface area (Å²) in [5.41, 5.74) is -0.122. The van der Waals surface area contributed by atoms with E-state index in [2.05, 4.69) is 5.32 Å². The number of hydrogen-bond acceptors (Lipinski definition) is 3. The summed E-state index contributed by atoms with van der Waals surface area (Å²) in [5.74, 6) is 0.412. The van der Waals surface area contributed by atoms with Gasteiger partial charge in [0.25, 0.3) is 0 Å². The van der Waals surface area contributed by atoms with Crippen molar-refractivity contribution in [3.8, 4) is 0 Å². The van der Waals surface area contributed by atoms with Crippen molar-refractivity contribution in [2.24, 2.45) is 5.92 Å². The standard InChI is InChI=1S/C14H18F3NO2S/c1-10(18-8-11-5-6-21(19,20)9-11)12-3-2-4-13(7-12)14(15,16)17/h2-4,7,10-11,18H,5-6,8-9H2,1H3. The lowest BCUT2D eigenvalue weighted by atomic mass is 10.0. The molecule has 2 atom stereocenters. The van der Waals surface area contributed by atoms with Crippen LogP contribution in [-0.2, 0) is 16.0 Å². The third kappa shape index (κ3) is 4.44. The van der Waals surface area contributed by atoms with Crippen molar-refractivity contribution >= 4 is 9.84 Å². The van der Waals surface area contributed by atoms with Crippen molar-refractivity contribution < 1.29 is 21.6 Å². The highest BCUT2D eigenvalue weighted by Gasteiger charge is 2.31. The fourth-order valence-corrected chi connectivity index (χ4v) is 4.34. The van der Waals surface area contributed by atoms with Crippen LogP contribution < -0.4 is 5.32 Å². The average molecular weight is 321 g/mol. The van der Waals surface area contributed by atoms with E-state index >= 15 is 0 Å². The van der Waals surface area contributed by atoms with E-state index in [0.29, 0.717) is 18.5 Å². The Balaban J connectivity index is 1.96. The van der Waals surface area contributed by atoms with E-state index in [4.69, 9.17) is 0 Å². The molecule has 2 unspecified atom stereocenters. The Morgan fingerprint density at radius 1 is 1.38 bits per heavy atom. The molecule has 0 radical (unpaired) electrons. The van der Waals surface area contributed by atoms with Gasteiger partial charge < -0.3 is 5.32 Å². The zero-order valence-electron chi connectivity index (χ0n) is 11.7. The molecule has 1 N–H and O–H groups in total. The van der Waals surface area contributed by atoms with Crippen molar-refractivity contribution in [2.45, 2.75) is 25.6 Å². The first kappa shape index (κ1) is 16.3. The van der Waals surface area contributed by atoms with Gasteiger partial charge in [-0.05, 0) is 43.5 Å². The first-order valence-corrected chi connectivity index (χ1v) is 8.60. The van der Waals surface area contributed by atoms with E-state index in [9.17, 15) is 21.6 Å². The smallest absolute Gasteiger partial charge is 0.310 e. The molecule has 1 saturated heterocycles. The largest absolute Gasteiger partial charge is 0.416 e. The maximum atomic E-state index is 12.7. The highest BCUT2D eigenvalue weighted by Crippen LogP contribution is 2.30. The van der Waals surface area contributed by atoms with E-state index in [1.807, 2.05) is 0 Å². The monoisotopic (exact) mass is 321 g/mol. The first-order chi connectivity index (χ1) is 9.67. The molecule has 0 spiro atoms. The lowest BCUT2D eigenvalue weighted by Crippen LogP contribution is -2.26. The average Bonchev–Trinajstić information content (AvgIpc) is 2.75. The summed E-state index contributed by atoms with van der Waals surface area (Å²) in [6.45, 7) is 2.27. The minimum absolute atomic E-state index is 0.0447. The summed E-state index contributed by atoms with van der Waals surface area (Å²) in [5, 5.41) is 3.13. The summed E-state index contributed by atoms with van der Waals surface area (Å²) in [4.78, 5) is 0. The molecule has 0 aromatic heterocycles. The molecule has 21 heavy (non-hydrogen) atoms. The Morgan fingerprint density at radius 2 is 2.10 bits per heavy atom. The number of sulfone groups is 1. The second kappa shape index (κ2) is 5.96. The Hall–Kier alpha value is -1.08. The van der Waals surface area contributed by atoms with Crippen LogP contribution in [0.5, 0.6) is 0 Å². The predicted molar refractivity (Wildman–Crippen MR) is 74.6 cm³/mol. The van der Waals surface area contributed by atoms with Gasteiger partial charge in [-0.3, -0.25) is 0 Å². The van der Waals surface area contributed by atoms with Crippen LogP contribution in [0.4, 0.5) is 13.2 Å². The molecular weight excluding hydrogens is 303 g/mol. The van der Waals surface area contributed by atoms with Crippen molar-refractivity contribution in [1.82, 2.24) is 5.32 Å². The van der Waals surface area contributed by atoms with Crippen LogP contribution >= 0.6 is 0 Å². The Labute approximate surface area is 122 Å². The number of hydrogen-bond donors (Lipinski definition) is 1. The molecule has 1 aromatic carbocycles. The van der Waals surface area contributed by atoms with Gasteiger partial charge >= 0.3 is 6.18 Å². The van der Waals surface area contributed by atoms with Crippen molar-refractivity contribution in [2.75, 3.05) is 18.1 Å². The molecule has 3 nitrogen and oxygen atoms in total. The van der Waals surface area contributed by atoms with Crippen LogP contribution in [0.3, 0.4) is 0 Å². The van der Waals surface area contributed by atoms with Crippen LogP contribution in [0.1, 0.15) is 30.5 Å². The van der Waals surface area contributed by atoms with Gasteiger partial charge in [0.05, 0.1) is 17.1 Å². The van der Waals surface area contributed by atoms with Gasteiger partial charge in [-0.2, -0.15) is 13.2 Å². The van der Waals surface area contributed by atoms with Gasteiger partial charge in [0.15, 0.2) is 9.84 Å². The first-order valence-electron chi connectivity index (χ1n) is 6.78. The quantitative estimate of drug-likeness (QED) is 0.927. The Bertz CT molecular complexity index is 598. The molecule has 1 aromatic rings. The van der Waals surface area contributed by atoms with E-state index in [-0.39, 0.29) is 23.5 Å². The molecule has 7 heteroatoms. The third-order valence-corrected chi connectivity index (χ3v) is 5.59. The third-order valence-electron chi connectivity index (χ3n) is 3.75. The molecule has 1 aliphatic rings. The molecule has 2 rings (SSSR count). The highest BCUT2D eigenvalue weighted by atomic mass is 32.2. The van der Waals surface area contributed by atoms with Crippen LogP contribution in [0.2, 0.25) is 0 Å². The second-order valence-corrected chi connectivity index (χ2v) is 7.75. The molecule has 1 fully saturated rings. The lowest BCUT2D eigenvalue weighted by Gasteiger charge is -2.18. The van der Waals surface area contributed by atoms with Crippen LogP contribution in [-0.4, -0.2) is 26.5 Å². The molecule has 0 amide bonds. The van der Waals surface area contributed by atoms with Crippen molar-refractivity contribution in [1.29, 1.82) is 0 Å². The number of nitrogens with one attached hydrogen (secondary N) is 1. The topological polar surface area (TPSA) is 46.2 Å². The molecular formula is C14H18F3NO2S. The number of alkyl halides is 3. The van der Waals surface area contributed by atoms with Crippen LogP contribution in [0.15, 0.2) is 24.3 Å². The summed E-state index contributed by atoms with van der Waals surface area (Å²) in [7, 11) is -2.92. The summed E-state index contributed by atoms with van der Waals surface area (Å²) < 4.78 is 60.7. The molecule has 118 valence electrons. The molecule has 0 bridgehead atoms. The van der Waals surface area contributed by atoms with Crippen LogP contribution in [0, 0.1) is 5.92 Å². The van der Waals surface area contributed by atoms with Gasteiger partial charge in [-0.25, -0.2) is 8.42 Å². The van der Waals surface area contributed by atoms with E-state index in [1.54, 1.807) is 13.0 Å². The Kier molecular flexibility index (Phi) is 4.63. The van der Waals surface area contributed by atoms with E-state index in [1.165, 1.54) is 6.07 Å². The predicted octanol–water partition coefficient (Wildman–Crippen LogP) is 2.79. The van der Waals surface area contributed by atoms with Gasteiger partial charge in [0.2, 0.25) is 0 Å². The summed E-state index contributed by atoms with van der Waals surface area (Å²) in [6.07, 6.45) is -3.74. The lowest BCUT2D eigenvalue weighted by molar-refractivity contribution is -0.137. The molecule has 0 saturated carbocycles. The number of rotatable bonds is 4. The zero-order valence-corrected chi connectivity index (χ0v) is 12.5. The van der Waals surface area contributed by atoms with Gasteiger partial charge in [0, 0.05) is 6.04 Å². The molecule has 1 aliphatic heterocycles. The van der Waals surface area contributed by atoms with Gasteiger partial charge in [0.1, 0.15) is 0 Å². The Morgan fingerprint density at radius 3 is 2.67 bits per heavy atom. The minimum Gasteiger partial charge on any atom is -0.310 e. The fraction of sp³-hybridized carbons (Fsp3) is 0.571. The minimum atomic E-state index is -4.35. The van der Waals surface area contributed by atoms with E-state index < -0.39 is 21.6 Å². The number of benzene rings is 1. The number of halogens is 3. The van der Waals surface area contributed by atoms with Gasteiger partial charge in [-0.1, -0.05) is 12.1 Å². The maximum Gasteiger partial charge on any atom is 0.416 e.